The van der Waals surface area contributed by atoms with Gasteiger partial charge in [0.25, 0.3) is 0 Å². The zero-order valence-corrected chi connectivity index (χ0v) is 12.3. The van der Waals surface area contributed by atoms with Gasteiger partial charge in [0.05, 0.1) is 30.9 Å². The Morgan fingerprint density at radius 3 is 2.68 bits per heavy atom. The van der Waals surface area contributed by atoms with E-state index in [9.17, 15) is 4.79 Å². The van der Waals surface area contributed by atoms with Crippen molar-refractivity contribution in [1.29, 1.82) is 5.26 Å². The lowest BCUT2D eigenvalue weighted by molar-refractivity contribution is 0.0728. The average molecular weight is 297 g/mol. The van der Waals surface area contributed by atoms with Crippen LogP contribution in [0.1, 0.15) is 22.8 Å². The Balaban J connectivity index is 2.25. The first-order chi connectivity index (χ1) is 10.7. The van der Waals surface area contributed by atoms with E-state index in [1.165, 1.54) is 13.2 Å². The van der Waals surface area contributed by atoms with Gasteiger partial charge in [-0.2, -0.15) is 5.26 Å². The number of carbonyl (C=O) groups is 1. The summed E-state index contributed by atoms with van der Waals surface area (Å²) in [5.74, 6) is 0.676. The number of rotatable bonds is 5. The molecule has 0 aliphatic carbocycles. The van der Waals surface area contributed by atoms with Crippen molar-refractivity contribution in [2.24, 2.45) is 0 Å². The van der Waals surface area contributed by atoms with Gasteiger partial charge in [0.1, 0.15) is 5.75 Å². The zero-order valence-electron chi connectivity index (χ0n) is 12.3. The quantitative estimate of drug-likeness (QED) is 0.626. The lowest BCUT2D eigenvalue weighted by Crippen LogP contribution is -2.10. The van der Waals surface area contributed by atoms with Gasteiger partial charge in [-0.15, -0.1) is 0 Å². The molecule has 0 radical (unpaired) electrons. The summed E-state index contributed by atoms with van der Waals surface area (Å²) < 4.78 is 15.8. The van der Waals surface area contributed by atoms with Crippen LogP contribution in [0, 0.1) is 11.3 Å². The Hall–Kier alpha value is -3.00. The fourth-order valence-corrected chi connectivity index (χ4v) is 1.84. The van der Waals surface area contributed by atoms with Gasteiger partial charge in [-0.05, 0) is 37.3 Å². The molecule has 0 amide bonds. The molecular formula is C17H15NO4. The minimum absolute atomic E-state index is 0.272. The summed E-state index contributed by atoms with van der Waals surface area (Å²) in [4.78, 5) is 12.2. The normalized spacial score (nSPS) is 9.68. The summed E-state index contributed by atoms with van der Waals surface area (Å²) in [5.41, 5.74) is 0.802. The van der Waals surface area contributed by atoms with E-state index in [-0.39, 0.29) is 5.75 Å². The lowest BCUT2D eigenvalue weighted by Gasteiger charge is -2.11. The number of methoxy groups -OCH3 is 1. The van der Waals surface area contributed by atoms with Gasteiger partial charge in [0.15, 0.2) is 11.5 Å². The molecule has 0 aliphatic heterocycles. The van der Waals surface area contributed by atoms with E-state index in [0.717, 1.165) is 0 Å². The van der Waals surface area contributed by atoms with Crippen LogP contribution in [-0.2, 0) is 0 Å². The fraction of sp³-hybridized carbons (Fsp3) is 0.176. The van der Waals surface area contributed by atoms with Crippen LogP contribution >= 0.6 is 0 Å². The topological polar surface area (TPSA) is 68.5 Å². The minimum atomic E-state index is -0.524. The van der Waals surface area contributed by atoms with Crippen molar-refractivity contribution in [3.8, 4) is 23.3 Å². The molecule has 2 rings (SSSR count). The van der Waals surface area contributed by atoms with Crippen molar-refractivity contribution in [2.75, 3.05) is 13.7 Å². The Kier molecular flexibility index (Phi) is 4.99. The summed E-state index contributed by atoms with van der Waals surface area (Å²) in [5, 5.41) is 8.91. The number of hydrogen-bond acceptors (Lipinski definition) is 5. The highest BCUT2D eigenvalue weighted by Crippen LogP contribution is 2.29. The van der Waals surface area contributed by atoms with Gasteiger partial charge in [-0.25, -0.2) is 4.79 Å². The third-order valence-corrected chi connectivity index (χ3v) is 2.88. The number of nitrogens with zero attached hydrogens (tertiary/aromatic N) is 1. The van der Waals surface area contributed by atoms with Crippen molar-refractivity contribution in [1.82, 2.24) is 0 Å². The van der Waals surface area contributed by atoms with E-state index in [1.807, 2.05) is 13.0 Å². The molecule has 0 aromatic heterocycles. The molecule has 0 unspecified atom stereocenters. The van der Waals surface area contributed by atoms with Crippen LogP contribution in [-0.4, -0.2) is 19.7 Å². The summed E-state index contributed by atoms with van der Waals surface area (Å²) >= 11 is 0. The molecule has 0 heterocycles. The maximum atomic E-state index is 12.2. The molecule has 0 N–H and O–H groups in total. The molecule has 0 atom stereocenters. The summed E-state index contributed by atoms with van der Waals surface area (Å²) in [6.07, 6.45) is 0. The maximum absolute atomic E-state index is 12.2. The number of carbonyl (C=O) groups excluding carboxylic acids is 1. The first-order valence-electron chi connectivity index (χ1n) is 6.71. The highest BCUT2D eigenvalue weighted by Gasteiger charge is 2.14. The van der Waals surface area contributed by atoms with Crippen molar-refractivity contribution in [3.63, 3.8) is 0 Å². The van der Waals surface area contributed by atoms with Crippen LogP contribution in [0.25, 0.3) is 0 Å². The molecule has 0 bridgehead atoms. The van der Waals surface area contributed by atoms with Crippen LogP contribution in [0.15, 0.2) is 42.5 Å². The highest BCUT2D eigenvalue weighted by atomic mass is 16.6. The Morgan fingerprint density at radius 2 is 2.00 bits per heavy atom. The molecule has 0 saturated heterocycles. The second-order valence-electron chi connectivity index (χ2n) is 4.33. The van der Waals surface area contributed by atoms with E-state index in [2.05, 4.69) is 0 Å². The van der Waals surface area contributed by atoms with Crippen LogP contribution in [0.4, 0.5) is 0 Å². The maximum Gasteiger partial charge on any atom is 0.343 e. The van der Waals surface area contributed by atoms with Gasteiger partial charge in [0, 0.05) is 6.07 Å². The molecule has 0 aliphatic rings. The van der Waals surface area contributed by atoms with E-state index in [0.29, 0.717) is 29.2 Å². The predicted octanol–water partition coefficient (Wildman–Crippen LogP) is 3.18. The van der Waals surface area contributed by atoms with Gasteiger partial charge in [-0.3, -0.25) is 0 Å². The van der Waals surface area contributed by atoms with Crippen molar-refractivity contribution in [2.45, 2.75) is 6.92 Å². The zero-order chi connectivity index (χ0) is 15.9. The number of ether oxygens (including phenoxy) is 3. The lowest BCUT2D eigenvalue weighted by atomic mass is 10.2. The van der Waals surface area contributed by atoms with E-state index in [4.69, 9.17) is 19.5 Å². The molecule has 0 saturated carbocycles. The predicted molar refractivity (Wildman–Crippen MR) is 80.3 cm³/mol. The molecular weight excluding hydrogens is 282 g/mol. The Morgan fingerprint density at radius 1 is 1.18 bits per heavy atom. The van der Waals surface area contributed by atoms with Crippen molar-refractivity contribution >= 4 is 5.97 Å². The molecule has 112 valence electrons. The largest absolute Gasteiger partial charge is 0.497 e. The molecule has 22 heavy (non-hydrogen) atoms. The van der Waals surface area contributed by atoms with Crippen LogP contribution < -0.4 is 14.2 Å². The third-order valence-electron chi connectivity index (χ3n) is 2.88. The molecule has 5 nitrogen and oxygen atoms in total. The van der Waals surface area contributed by atoms with Gasteiger partial charge in [-0.1, -0.05) is 6.07 Å². The molecule has 0 spiro atoms. The van der Waals surface area contributed by atoms with Crippen LogP contribution in [0.5, 0.6) is 17.2 Å². The molecule has 5 heteroatoms. The highest BCUT2D eigenvalue weighted by molar-refractivity contribution is 5.91. The van der Waals surface area contributed by atoms with E-state index in [1.54, 1.807) is 36.4 Å². The second kappa shape index (κ2) is 7.14. The number of benzene rings is 2. The fourth-order valence-electron chi connectivity index (χ4n) is 1.84. The Labute approximate surface area is 128 Å². The first-order valence-corrected chi connectivity index (χ1v) is 6.71. The van der Waals surface area contributed by atoms with Crippen LogP contribution in [0.3, 0.4) is 0 Å². The number of esters is 1. The SMILES string of the molecule is CCOc1cc(C#N)ccc1OC(=O)c1cccc(OC)c1. The first kappa shape index (κ1) is 15.4. The van der Waals surface area contributed by atoms with Crippen molar-refractivity contribution in [3.05, 3.63) is 53.6 Å². The smallest absolute Gasteiger partial charge is 0.343 e. The van der Waals surface area contributed by atoms with Gasteiger partial charge >= 0.3 is 5.97 Å². The van der Waals surface area contributed by atoms with Crippen molar-refractivity contribution < 1.29 is 19.0 Å². The van der Waals surface area contributed by atoms with Crippen LogP contribution in [0.2, 0.25) is 0 Å². The third kappa shape index (κ3) is 3.55. The number of nitriles is 1. The van der Waals surface area contributed by atoms with E-state index < -0.39 is 5.97 Å². The molecule has 0 fully saturated rings. The Bertz CT molecular complexity index is 719. The summed E-state index contributed by atoms with van der Waals surface area (Å²) in [7, 11) is 1.53. The summed E-state index contributed by atoms with van der Waals surface area (Å²) in [6, 6.07) is 13.3. The monoisotopic (exact) mass is 297 g/mol. The van der Waals surface area contributed by atoms with E-state index >= 15 is 0 Å². The molecule has 2 aromatic carbocycles. The van der Waals surface area contributed by atoms with Gasteiger partial charge < -0.3 is 14.2 Å². The minimum Gasteiger partial charge on any atom is -0.497 e. The average Bonchev–Trinajstić information content (AvgIpc) is 2.56. The van der Waals surface area contributed by atoms with Gasteiger partial charge in [0.2, 0.25) is 0 Å². The standard InChI is InChI=1S/C17H15NO4/c1-3-21-16-9-12(11-18)7-8-15(16)22-17(19)13-5-4-6-14(10-13)20-2/h4-10H,3H2,1-2H3. The summed E-state index contributed by atoms with van der Waals surface area (Å²) in [6.45, 7) is 2.21. The number of hydrogen-bond donors (Lipinski definition) is 0. The molecule has 2 aromatic rings. The second-order valence-corrected chi connectivity index (χ2v) is 4.33.